The molecular formula is C13H19N3O4. The lowest BCUT2D eigenvalue weighted by atomic mass is 10.1. The summed E-state index contributed by atoms with van der Waals surface area (Å²) in [6.07, 6.45) is 0. The zero-order chi connectivity index (χ0) is 14.5. The van der Waals surface area contributed by atoms with Gasteiger partial charge in [0.1, 0.15) is 0 Å². The third-order valence-electron chi connectivity index (χ3n) is 3.07. The molecule has 1 amide bonds. The second-order valence-electron chi connectivity index (χ2n) is 4.33. The third-order valence-corrected chi connectivity index (χ3v) is 3.07. The Balaban J connectivity index is 2.16. The van der Waals surface area contributed by atoms with Gasteiger partial charge < -0.3 is 19.9 Å². The molecule has 7 heteroatoms. The number of nitrogens with zero attached hydrogens (tertiary/aromatic N) is 1. The number of hydrogen-bond acceptors (Lipinski definition) is 6. The second kappa shape index (κ2) is 6.44. The number of hydrazine groups is 1. The van der Waals surface area contributed by atoms with Crippen molar-refractivity contribution in [1.82, 2.24) is 10.4 Å². The Hall–Kier alpha value is -1.99. The van der Waals surface area contributed by atoms with E-state index in [9.17, 15) is 4.79 Å². The number of nitrogens with two attached hydrogens (primary N) is 1. The minimum atomic E-state index is -0.273. The molecule has 1 aliphatic heterocycles. The molecule has 110 valence electrons. The van der Waals surface area contributed by atoms with Crippen LogP contribution in [0.4, 0.5) is 5.69 Å². The van der Waals surface area contributed by atoms with Crippen molar-refractivity contribution < 1.29 is 19.0 Å². The normalized spacial score (nSPS) is 15.7. The van der Waals surface area contributed by atoms with Crippen molar-refractivity contribution >= 4 is 11.6 Å². The van der Waals surface area contributed by atoms with Crippen LogP contribution in [0.15, 0.2) is 12.1 Å². The molecule has 3 N–H and O–H groups in total. The van der Waals surface area contributed by atoms with Crippen molar-refractivity contribution in [3.8, 4) is 11.5 Å². The van der Waals surface area contributed by atoms with Crippen LogP contribution in [-0.2, 0) is 4.74 Å². The Bertz CT molecular complexity index is 487. The maximum Gasteiger partial charge on any atom is 0.267 e. The van der Waals surface area contributed by atoms with E-state index in [4.69, 9.17) is 19.9 Å². The first-order chi connectivity index (χ1) is 9.65. The quantitative estimate of drug-likeness (QED) is 0.770. The highest BCUT2D eigenvalue weighted by Crippen LogP contribution is 2.31. The fraction of sp³-hybridized carbons (Fsp3) is 0.462. The van der Waals surface area contributed by atoms with Crippen LogP contribution in [0.25, 0.3) is 0 Å². The van der Waals surface area contributed by atoms with E-state index >= 15 is 0 Å². The largest absolute Gasteiger partial charge is 0.493 e. The van der Waals surface area contributed by atoms with Gasteiger partial charge in [0.2, 0.25) is 0 Å². The zero-order valence-corrected chi connectivity index (χ0v) is 11.6. The number of ether oxygens (including phenoxy) is 3. The highest BCUT2D eigenvalue weighted by molar-refractivity contribution is 5.99. The summed E-state index contributed by atoms with van der Waals surface area (Å²) < 4.78 is 15.5. The number of hydrogen-bond donors (Lipinski definition) is 2. The number of nitrogen functional groups attached to an aromatic ring is 1. The van der Waals surface area contributed by atoms with Crippen molar-refractivity contribution in [2.75, 3.05) is 46.3 Å². The highest BCUT2D eigenvalue weighted by Gasteiger charge is 2.18. The van der Waals surface area contributed by atoms with E-state index in [2.05, 4.69) is 5.43 Å². The Morgan fingerprint density at radius 2 is 1.85 bits per heavy atom. The molecule has 1 aromatic carbocycles. The van der Waals surface area contributed by atoms with Gasteiger partial charge in [0.25, 0.3) is 5.91 Å². The zero-order valence-electron chi connectivity index (χ0n) is 11.6. The van der Waals surface area contributed by atoms with Gasteiger partial charge in [0, 0.05) is 24.8 Å². The van der Waals surface area contributed by atoms with Crippen LogP contribution in [0.5, 0.6) is 11.5 Å². The molecule has 0 atom stereocenters. The van der Waals surface area contributed by atoms with Crippen LogP contribution in [-0.4, -0.2) is 51.4 Å². The average molecular weight is 281 g/mol. The number of carbonyl (C=O) groups is 1. The van der Waals surface area contributed by atoms with Crippen LogP contribution < -0.4 is 20.6 Å². The molecule has 0 unspecified atom stereocenters. The van der Waals surface area contributed by atoms with Gasteiger partial charge in [0.15, 0.2) is 11.5 Å². The predicted molar refractivity (Wildman–Crippen MR) is 73.8 cm³/mol. The Kier molecular flexibility index (Phi) is 4.65. The second-order valence-corrected chi connectivity index (χ2v) is 4.33. The number of amides is 1. The lowest BCUT2D eigenvalue weighted by Crippen LogP contribution is -2.48. The first kappa shape index (κ1) is 14.4. The maximum atomic E-state index is 12.2. The summed E-state index contributed by atoms with van der Waals surface area (Å²) in [5.74, 6) is 0.687. The molecule has 0 spiro atoms. The first-order valence-electron chi connectivity index (χ1n) is 6.31. The van der Waals surface area contributed by atoms with Crippen LogP contribution in [0, 0.1) is 0 Å². The van der Waals surface area contributed by atoms with E-state index in [0.29, 0.717) is 49.1 Å². The number of anilines is 1. The monoisotopic (exact) mass is 281 g/mol. The van der Waals surface area contributed by atoms with Gasteiger partial charge in [-0.3, -0.25) is 10.2 Å². The van der Waals surface area contributed by atoms with Gasteiger partial charge in [-0.1, -0.05) is 0 Å². The molecule has 1 fully saturated rings. The molecule has 2 rings (SSSR count). The molecule has 0 radical (unpaired) electrons. The van der Waals surface area contributed by atoms with Crippen molar-refractivity contribution in [3.05, 3.63) is 17.7 Å². The van der Waals surface area contributed by atoms with E-state index in [0.717, 1.165) is 0 Å². The number of nitrogens with one attached hydrogen (secondary N) is 1. The van der Waals surface area contributed by atoms with E-state index in [1.807, 2.05) is 5.01 Å². The first-order valence-corrected chi connectivity index (χ1v) is 6.31. The Morgan fingerprint density at radius 3 is 2.45 bits per heavy atom. The average Bonchev–Trinajstić information content (AvgIpc) is 2.47. The molecule has 1 aromatic rings. The molecular weight excluding hydrogens is 262 g/mol. The van der Waals surface area contributed by atoms with Crippen molar-refractivity contribution in [1.29, 1.82) is 0 Å². The van der Waals surface area contributed by atoms with Crippen LogP contribution in [0.1, 0.15) is 10.4 Å². The molecule has 20 heavy (non-hydrogen) atoms. The summed E-state index contributed by atoms with van der Waals surface area (Å²) in [6, 6.07) is 3.15. The SMILES string of the molecule is COc1cc(N)c(C(=O)NN2CCOCC2)cc1OC. The van der Waals surface area contributed by atoms with Crippen molar-refractivity contribution in [2.24, 2.45) is 0 Å². The maximum absolute atomic E-state index is 12.2. The topological polar surface area (TPSA) is 86.0 Å². The predicted octanol–water partition coefficient (Wildman–Crippen LogP) is 0.263. The smallest absolute Gasteiger partial charge is 0.267 e. The molecule has 0 saturated carbocycles. The van der Waals surface area contributed by atoms with Crippen molar-refractivity contribution in [3.63, 3.8) is 0 Å². The molecule has 0 aromatic heterocycles. The third kappa shape index (κ3) is 3.12. The highest BCUT2D eigenvalue weighted by atomic mass is 16.5. The molecule has 7 nitrogen and oxygen atoms in total. The van der Waals surface area contributed by atoms with Crippen LogP contribution in [0.2, 0.25) is 0 Å². The summed E-state index contributed by atoms with van der Waals surface area (Å²) in [4.78, 5) is 12.2. The Morgan fingerprint density at radius 1 is 1.25 bits per heavy atom. The van der Waals surface area contributed by atoms with Gasteiger partial charge >= 0.3 is 0 Å². The number of benzene rings is 1. The minimum absolute atomic E-state index is 0.273. The van der Waals surface area contributed by atoms with E-state index in [-0.39, 0.29) is 5.91 Å². The van der Waals surface area contributed by atoms with Gasteiger partial charge in [-0.15, -0.1) is 0 Å². The summed E-state index contributed by atoms with van der Waals surface area (Å²) in [6.45, 7) is 2.50. The van der Waals surface area contributed by atoms with Gasteiger partial charge in [-0.2, -0.15) is 0 Å². The summed E-state index contributed by atoms with van der Waals surface area (Å²) >= 11 is 0. The summed E-state index contributed by atoms with van der Waals surface area (Å²) in [7, 11) is 3.03. The summed E-state index contributed by atoms with van der Waals surface area (Å²) in [5, 5.41) is 1.81. The minimum Gasteiger partial charge on any atom is -0.493 e. The van der Waals surface area contributed by atoms with E-state index in [1.165, 1.54) is 14.2 Å². The fourth-order valence-electron chi connectivity index (χ4n) is 1.97. The summed E-state index contributed by atoms with van der Waals surface area (Å²) in [5.41, 5.74) is 9.39. The van der Waals surface area contributed by atoms with E-state index in [1.54, 1.807) is 12.1 Å². The molecule has 0 aliphatic carbocycles. The fourth-order valence-corrected chi connectivity index (χ4v) is 1.97. The van der Waals surface area contributed by atoms with Crippen molar-refractivity contribution in [2.45, 2.75) is 0 Å². The molecule has 1 heterocycles. The number of rotatable bonds is 4. The van der Waals surface area contributed by atoms with Crippen LogP contribution in [0.3, 0.4) is 0 Å². The number of morpholine rings is 1. The molecule has 1 aliphatic rings. The number of carbonyl (C=O) groups excluding carboxylic acids is 1. The van der Waals surface area contributed by atoms with Gasteiger partial charge in [0.05, 0.1) is 33.0 Å². The standard InChI is InChI=1S/C13H19N3O4/c1-18-11-7-9(10(14)8-12(11)19-2)13(17)15-16-3-5-20-6-4-16/h7-8H,3-6,14H2,1-2H3,(H,15,17). The lowest BCUT2D eigenvalue weighted by molar-refractivity contribution is 0.0126. The van der Waals surface area contributed by atoms with Gasteiger partial charge in [-0.05, 0) is 6.07 Å². The van der Waals surface area contributed by atoms with E-state index < -0.39 is 0 Å². The Labute approximate surface area is 117 Å². The lowest BCUT2D eigenvalue weighted by Gasteiger charge is -2.27. The van der Waals surface area contributed by atoms with Crippen LogP contribution >= 0.6 is 0 Å². The molecule has 0 bridgehead atoms. The van der Waals surface area contributed by atoms with Gasteiger partial charge in [-0.25, -0.2) is 5.01 Å². The number of methoxy groups -OCH3 is 2. The molecule has 1 saturated heterocycles.